The quantitative estimate of drug-likeness (QED) is 0.838. The molecule has 1 aromatic carbocycles. The van der Waals surface area contributed by atoms with E-state index in [1.54, 1.807) is 6.92 Å². The summed E-state index contributed by atoms with van der Waals surface area (Å²) < 4.78 is 27.6. The Hall–Kier alpha value is -1.65. The van der Waals surface area contributed by atoms with Gasteiger partial charge in [0.2, 0.25) is 0 Å². The molecule has 1 aromatic rings. The lowest BCUT2D eigenvalue weighted by Crippen LogP contribution is -2.37. The first-order chi connectivity index (χ1) is 9.69. The number of hydrogen-bond acceptors (Lipinski definition) is 2. The van der Waals surface area contributed by atoms with Crippen LogP contribution in [-0.2, 0) is 0 Å². The first kappa shape index (κ1) is 17.4. The Morgan fingerprint density at radius 3 is 2.19 bits per heavy atom. The van der Waals surface area contributed by atoms with Gasteiger partial charge in [0.1, 0.15) is 17.3 Å². The van der Waals surface area contributed by atoms with E-state index in [9.17, 15) is 13.6 Å². The van der Waals surface area contributed by atoms with E-state index in [-0.39, 0.29) is 16.7 Å². The van der Waals surface area contributed by atoms with Crippen LogP contribution in [0.1, 0.15) is 45.0 Å². The highest BCUT2D eigenvalue weighted by Crippen LogP contribution is 2.25. The number of rotatable bonds is 6. The molecule has 118 valence electrons. The van der Waals surface area contributed by atoms with E-state index in [1.807, 2.05) is 13.8 Å². The van der Waals surface area contributed by atoms with Crippen LogP contribution < -0.4 is 10.6 Å². The summed E-state index contributed by atoms with van der Waals surface area (Å²) in [5, 5.41) is 5.33. The van der Waals surface area contributed by atoms with Crippen LogP contribution in [0.4, 0.5) is 14.5 Å². The molecule has 0 aliphatic rings. The van der Waals surface area contributed by atoms with Crippen molar-refractivity contribution >= 4 is 11.6 Å². The third-order valence-electron chi connectivity index (χ3n) is 3.93. The molecule has 1 rings (SSSR count). The standard InChI is InChI=1S/C16H24F2N2O/c1-6-19-14-12(17)7-11(8-13(14)18)15(21)20-9-16(4,5)10(2)3/h7-8,10,19H,6,9H2,1-5H3,(H,20,21). The molecular formula is C16H24F2N2O. The Morgan fingerprint density at radius 1 is 1.24 bits per heavy atom. The van der Waals surface area contributed by atoms with Crippen molar-refractivity contribution in [3.05, 3.63) is 29.3 Å². The van der Waals surface area contributed by atoms with Crippen LogP contribution in [0.15, 0.2) is 12.1 Å². The Bertz CT molecular complexity index is 490. The first-order valence-corrected chi connectivity index (χ1v) is 7.20. The molecule has 0 heterocycles. The fourth-order valence-corrected chi connectivity index (χ4v) is 1.66. The maximum atomic E-state index is 13.8. The van der Waals surface area contributed by atoms with Crippen LogP contribution in [-0.4, -0.2) is 19.0 Å². The molecule has 0 aromatic heterocycles. The zero-order chi connectivity index (χ0) is 16.2. The van der Waals surface area contributed by atoms with Gasteiger partial charge in [-0.3, -0.25) is 4.79 Å². The summed E-state index contributed by atoms with van der Waals surface area (Å²) in [4.78, 5) is 12.0. The van der Waals surface area contributed by atoms with Crippen LogP contribution >= 0.6 is 0 Å². The van der Waals surface area contributed by atoms with E-state index >= 15 is 0 Å². The van der Waals surface area contributed by atoms with Gasteiger partial charge in [0.15, 0.2) is 0 Å². The molecule has 0 saturated carbocycles. The van der Waals surface area contributed by atoms with Gasteiger partial charge in [-0.1, -0.05) is 27.7 Å². The second-order valence-electron chi connectivity index (χ2n) is 6.17. The van der Waals surface area contributed by atoms with E-state index < -0.39 is 17.5 Å². The third-order valence-corrected chi connectivity index (χ3v) is 3.93. The molecule has 0 unspecified atom stereocenters. The van der Waals surface area contributed by atoms with Gasteiger partial charge < -0.3 is 10.6 Å². The van der Waals surface area contributed by atoms with Crippen LogP contribution in [0.25, 0.3) is 0 Å². The van der Waals surface area contributed by atoms with E-state index in [0.717, 1.165) is 12.1 Å². The summed E-state index contributed by atoms with van der Waals surface area (Å²) in [7, 11) is 0. The number of amides is 1. The first-order valence-electron chi connectivity index (χ1n) is 7.20. The number of anilines is 1. The van der Waals surface area contributed by atoms with E-state index in [1.165, 1.54) is 0 Å². The highest BCUT2D eigenvalue weighted by molar-refractivity contribution is 5.94. The SMILES string of the molecule is CCNc1c(F)cc(C(=O)NCC(C)(C)C(C)C)cc1F. The van der Waals surface area contributed by atoms with Crippen molar-refractivity contribution in [2.24, 2.45) is 11.3 Å². The highest BCUT2D eigenvalue weighted by Gasteiger charge is 2.23. The molecule has 0 atom stereocenters. The number of benzene rings is 1. The normalized spacial score (nSPS) is 11.6. The van der Waals surface area contributed by atoms with Gasteiger partial charge in [0.05, 0.1) is 0 Å². The molecule has 2 N–H and O–H groups in total. The van der Waals surface area contributed by atoms with Crippen molar-refractivity contribution in [2.45, 2.75) is 34.6 Å². The molecule has 0 fully saturated rings. The Labute approximate surface area is 125 Å². The monoisotopic (exact) mass is 298 g/mol. The van der Waals surface area contributed by atoms with E-state index in [4.69, 9.17) is 0 Å². The maximum absolute atomic E-state index is 13.8. The fourth-order valence-electron chi connectivity index (χ4n) is 1.66. The number of halogens is 2. The molecule has 1 amide bonds. The van der Waals surface area contributed by atoms with Gasteiger partial charge in [-0.2, -0.15) is 0 Å². The number of carbonyl (C=O) groups is 1. The fraction of sp³-hybridized carbons (Fsp3) is 0.562. The van der Waals surface area contributed by atoms with Gasteiger partial charge in [-0.25, -0.2) is 8.78 Å². The molecular weight excluding hydrogens is 274 g/mol. The Balaban J connectivity index is 2.85. The molecule has 0 aliphatic heterocycles. The lowest BCUT2D eigenvalue weighted by atomic mass is 9.81. The van der Waals surface area contributed by atoms with Crippen molar-refractivity contribution in [2.75, 3.05) is 18.4 Å². The molecule has 0 bridgehead atoms. The van der Waals surface area contributed by atoms with Crippen molar-refractivity contribution < 1.29 is 13.6 Å². The van der Waals surface area contributed by atoms with Crippen molar-refractivity contribution in [3.63, 3.8) is 0 Å². The van der Waals surface area contributed by atoms with Crippen molar-refractivity contribution in [1.29, 1.82) is 0 Å². The van der Waals surface area contributed by atoms with Crippen LogP contribution in [0.2, 0.25) is 0 Å². The van der Waals surface area contributed by atoms with Crippen LogP contribution in [0, 0.1) is 23.0 Å². The van der Waals surface area contributed by atoms with Crippen molar-refractivity contribution in [1.82, 2.24) is 5.32 Å². The summed E-state index contributed by atoms with van der Waals surface area (Å²) in [6, 6.07) is 2.11. The summed E-state index contributed by atoms with van der Waals surface area (Å²) in [5.74, 6) is -1.61. The predicted molar refractivity (Wildman–Crippen MR) is 81.5 cm³/mol. The molecule has 0 saturated heterocycles. The lowest BCUT2D eigenvalue weighted by molar-refractivity contribution is 0.0924. The van der Waals surface area contributed by atoms with E-state index in [0.29, 0.717) is 19.0 Å². The second kappa shape index (κ2) is 6.87. The van der Waals surface area contributed by atoms with Gasteiger partial charge in [0, 0.05) is 18.7 Å². The number of hydrogen-bond donors (Lipinski definition) is 2. The zero-order valence-electron chi connectivity index (χ0n) is 13.3. The maximum Gasteiger partial charge on any atom is 0.251 e. The minimum atomic E-state index is -0.759. The predicted octanol–water partition coefficient (Wildman–Crippen LogP) is 3.81. The highest BCUT2D eigenvalue weighted by atomic mass is 19.1. The van der Waals surface area contributed by atoms with Gasteiger partial charge >= 0.3 is 0 Å². The Morgan fingerprint density at radius 2 is 1.76 bits per heavy atom. The molecule has 21 heavy (non-hydrogen) atoms. The largest absolute Gasteiger partial charge is 0.381 e. The summed E-state index contributed by atoms with van der Waals surface area (Å²) in [5.41, 5.74) is -0.293. The average Bonchev–Trinajstić information content (AvgIpc) is 2.39. The summed E-state index contributed by atoms with van der Waals surface area (Å²) in [6.45, 7) is 10.8. The third kappa shape index (κ3) is 4.41. The summed E-state index contributed by atoms with van der Waals surface area (Å²) >= 11 is 0. The average molecular weight is 298 g/mol. The molecule has 3 nitrogen and oxygen atoms in total. The van der Waals surface area contributed by atoms with Crippen LogP contribution in [0.5, 0.6) is 0 Å². The molecule has 0 aliphatic carbocycles. The molecule has 0 radical (unpaired) electrons. The topological polar surface area (TPSA) is 41.1 Å². The van der Waals surface area contributed by atoms with Gasteiger partial charge in [-0.15, -0.1) is 0 Å². The smallest absolute Gasteiger partial charge is 0.251 e. The minimum Gasteiger partial charge on any atom is -0.381 e. The minimum absolute atomic E-state index is 0.00814. The Kier molecular flexibility index (Phi) is 5.70. The zero-order valence-corrected chi connectivity index (χ0v) is 13.3. The van der Waals surface area contributed by atoms with Gasteiger partial charge in [0.25, 0.3) is 5.91 Å². The van der Waals surface area contributed by atoms with Crippen molar-refractivity contribution in [3.8, 4) is 0 Å². The molecule has 0 spiro atoms. The van der Waals surface area contributed by atoms with Gasteiger partial charge in [-0.05, 0) is 30.4 Å². The number of carbonyl (C=O) groups excluding carboxylic acids is 1. The molecule has 5 heteroatoms. The summed E-state index contributed by atoms with van der Waals surface area (Å²) in [6.07, 6.45) is 0. The number of nitrogens with one attached hydrogen (secondary N) is 2. The van der Waals surface area contributed by atoms with Crippen LogP contribution in [0.3, 0.4) is 0 Å². The van der Waals surface area contributed by atoms with E-state index in [2.05, 4.69) is 24.5 Å². The lowest BCUT2D eigenvalue weighted by Gasteiger charge is -2.29. The second-order valence-corrected chi connectivity index (χ2v) is 6.17.